The summed E-state index contributed by atoms with van der Waals surface area (Å²) < 4.78 is 10.6. The Balaban J connectivity index is 2.41. The topological polar surface area (TPSA) is 61.5 Å². The zero-order valence-corrected chi connectivity index (χ0v) is 13.8. The fourth-order valence-corrected chi connectivity index (χ4v) is 2.34. The van der Waals surface area contributed by atoms with Crippen molar-refractivity contribution in [3.05, 3.63) is 35.9 Å². The van der Waals surface area contributed by atoms with Crippen molar-refractivity contribution in [2.75, 3.05) is 14.2 Å². The van der Waals surface area contributed by atoms with E-state index < -0.39 is 0 Å². The van der Waals surface area contributed by atoms with Gasteiger partial charge in [-0.05, 0) is 49.3 Å². The van der Waals surface area contributed by atoms with Gasteiger partial charge in [0.1, 0.15) is 0 Å². The summed E-state index contributed by atoms with van der Waals surface area (Å²) in [4.78, 5) is 10.6. The second-order valence-electron chi connectivity index (χ2n) is 5.51. The van der Waals surface area contributed by atoms with Gasteiger partial charge in [-0.3, -0.25) is 4.79 Å². The van der Waals surface area contributed by atoms with Gasteiger partial charge in [0, 0.05) is 6.42 Å². The van der Waals surface area contributed by atoms with Crippen LogP contribution in [0.1, 0.15) is 38.2 Å². The number of carbonyl (C=O) groups is 1. The molecular formula is C18H27NO3. The van der Waals surface area contributed by atoms with Crippen LogP contribution >= 0.6 is 0 Å². The van der Waals surface area contributed by atoms with Gasteiger partial charge in [-0.15, -0.1) is 0 Å². The lowest BCUT2D eigenvalue weighted by Gasteiger charge is -2.11. The highest BCUT2D eigenvalue weighted by Crippen LogP contribution is 2.28. The van der Waals surface area contributed by atoms with E-state index in [1.807, 2.05) is 12.1 Å². The monoisotopic (exact) mass is 305 g/mol. The van der Waals surface area contributed by atoms with Crippen LogP contribution in [0.4, 0.5) is 0 Å². The second kappa shape index (κ2) is 9.87. The Morgan fingerprint density at radius 1 is 1.23 bits per heavy atom. The van der Waals surface area contributed by atoms with E-state index in [0.717, 1.165) is 37.2 Å². The third kappa shape index (κ3) is 6.66. The first-order valence-electron chi connectivity index (χ1n) is 7.72. The third-order valence-corrected chi connectivity index (χ3v) is 3.51. The van der Waals surface area contributed by atoms with Gasteiger partial charge in [-0.25, -0.2) is 0 Å². The van der Waals surface area contributed by atoms with Gasteiger partial charge < -0.3 is 15.2 Å². The van der Waals surface area contributed by atoms with Crippen molar-refractivity contribution in [2.24, 2.45) is 11.7 Å². The largest absolute Gasteiger partial charge is 0.493 e. The highest BCUT2D eigenvalue weighted by Gasteiger charge is 2.06. The van der Waals surface area contributed by atoms with E-state index in [1.54, 1.807) is 14.2 Å². The molecule has 1 amide bonds. The summed E-state index contributed by atoms with van der Waals surface area (Å²) in [5, 5.41) is 0. The van der Waals surface area contributed by atoms with Crippen LogP contribution in [-0.2, 0) is 11.2 Å². The van der Waals surface area contributed by atoms with Crippen molar-refractivity contribution in [3.63, 3.8) is 0 Å². The van der Waals surface area contributed by atoms with E-state index in [2.05, 4.69) is 25.1 Å². The molecule has 0 aliphatic rings. The molecule has 0 aromatic heterocycles. The van der Waals surface area contributed by atoms with Crippen LogP contribution < -0.4 is 15.2 Å². The van der Waals surface area contributed by atoms with E-state index >= 15 is 0 Å². The van der Waals surface area contributed by atoms with Crippen LogP contribution in [0.15, 0.2) is 30.4 Å². The predicted octanol–water partition coefficient (Wildman–Crippen LogP) is 3.48. The summed E-state index contributed by atoms with van der Waals surface area (Å²) in [5.41, 5.74) is 6.34. The minimum atomic E-state index is -0.217. The van der Waals surface area contributed by atoms with Crippen molar-refractivity contribution in [1.82, 2.24) is 0 Å². The van der Waals surface area contributed by atoms with Crippen LogP contribution in [0.2, 0.25) is 0 Å². The predicted molar refractivity (Wildman–Crippen MR) is 89.2 cm³/mol. The number of ether oxygens (including phenoxy) is 2. The molecule has 1 unspecified atom stereocenters. The molecule has 1 atom stereocenters. The molecule has 0 saturated carbocycles. The lowest BCUT2D eigenvalue weighted by atomic mass is 9.99. The molecule has 0 aliphatic heterocycles. The Hall–Kier alpha value is -1.97. The number of rotatable bonds is 10. The fraction of sp³-hybridized carbons (Fsp3) is 0.500. The number of amides is 1. The molecular weight excluding hydrogens is 278 g/mol. The molecule has 0 bridgehead atoms. The Labute approximate surface area is 133 Å². The van der Waals surface area contributed by atoms with Crippen LogP contribution in [0.5, 0.6) is 11.5 Å². The maximum atomic E-state index is 10.6. The highest BCUT2D eigenvalue weighted by atomic mass is 16.5. The van der Waals surface area contributed by atoms with E-state index in [4.69, 9.17) is 15.2 Å². The first-order chi connectivity index (χ1) is 10.6. The SMILES string of the molecule is COc1ccc(CC(C)/C=C/CCCCC(N)=O)cc1OC. The lowest BCUT2D eigenvalue weighted by Crippen LogP contribution is -2.09. The standard InChI is InChI=1S/C18H27NO3/c1-14(8-6-4-5-7-9-18(19)20)12-15-10-11-16(21-2)17(13-15)22-3/h6,8,10-11,13-14H,4-5,7,9,12H2,1-3H3,(H2,19,20)/b8-6+. The molecule has 1 aromatic rings. The maximum absolute atomic E-state index is 10.6. The molecule has 0 spiro atoms. The summed E-state index contributed by atoms with van der Waals surface area (Å²) in [7, 11) is 3.29. The van der Waals surface area contributed by atoms with Crippen LogP contribution in [0.25, 0.3) is 0 Å². The first kappa shape index (κ1) is 18.1. The van der Waals surface area contributed by atoms with Crippen molar-refractivity contribution >= 4 is 5.91 Å². The molecule has 122 valence electrons. The number of hydrogen-bond acceptors (Lipinski definition) is 3. The van der Waals surface area contributed by atoms with Gasteiger partial charge in [0.15, 0.2) is 11.5 Å². The Kier molecular flexibility index (Phi) is 8.11. The van der Waals surface area contributed by atoms with Gasteiger partial charge in [-0.1, -0.05) is 25.1 Å². The molecule has 2 N–H and O–H groups in total. The Morgan fingerprint density at radius 2 is 1.95 bits per heavy atom. The maximum Gasteiger partial charge on any atom is 0.217 e. The van der Waals surface area contributed by atoms with Gasteiger partial charge >= 0.3 is 0 Å². The number of primary amides is 1. The number of allylic oxidation sites excluding steroid dienone is 2. The summed E-state index contributed by atoms with van der Waals surface area (Å²) in [5.74, 6) is 1.76. The molecule has 4 heteroatoms. The summed E-state index contributed by atoms with van der Waals surface area (Å²) in [6.45, 7) is 2.19. The molecule has 0 aliphatic carbocycles. The second-order valence-corrected chi connectivity index (χ2v) is 5.51. The molecule has 22 heavy (non-hydrogen) atoms. The van der Waals surface area contributed by atoms with Crippen LogP contribution in [-0.4, -0.2) is 20.1 Å². The van der Waals surface area contributed by atoms with E-state index in [1.165, 1.54) is 5.56 Å². The number of nitrogens with two attached hydrogens (primary N) is 1. The molecule has 1 aromatic carbocycles. The van der Waals surface area contributed by atoms with Crippen molar-refractivity contribution in [1.29, 1.82) is 0 Å². The average Bonchev–Trinajstić information content (AvgIpc) is 2.50. The number of methoxy groups -OCH3 is 2. The normalized spacial score (nSPS) is 12.3. The van der Waals surface area contributed by atoms with Gasteiger partial charge in [-0.2, -0.15) is 0 Å². The molecule has 0 fully saturated rings. The Morgan fingerprint density at radius 3 is 2.59 bits per heavy atom. The van der Waals surface area contributed by atoms with Gasteiger partial charge in [0.05, 0.1) is 14.2 Å². The zero-order chi connectivity index (χ0) is 16.4. The van der Waals surface area contributed by atoms with Crippen LogP contribution in [0.3, 0.4) is 0 Å². The average molecular weight is 305 g/mol. The molecule has 0 saturated heterocycles. The zero-order valence-electron chi connectivity index (χ0n) is 13.8. The fourth-order valence-electron chi connectivity index (χ4n) is 2.34. The highest BCUT2D eigenvalue weighted by molar-refractivity contribution is 5.73. The van der Waals surface area contributed by atoms with Crippen molar-refractivity contribution < 1.29 is 14.3 Å². The third-order valence-electron chi connectivity index (χ3n) is 3.51. The van der Waals surface area contributed by atoms with E-state index in [9.17, 15) is 4.79 Å². The molecule has 4 nitrogen and oxygen atoms in total. The van der Waals surface area contributed by atoms with Crippen molar-refractivity contribution in [2.45, 2.75) is 39.0 Å². The molecule has 1 rings (SSSR count). The number of hydrogen-bond donors (Lipinski definition) is 1. The van der Waals surface area contributed by atoms with Crippen LogP contribution in [0, 0.1) is 5.92 Å². The Bertz CT molecular complexity index is 497. The summed E-state index contributed by atoms with van der Waals surface area (Å²) in [6, 6.07) is 6.03. The van der Waals surface area contributed by atoms with Gasteiger partial charge in [0.25, 0.3) is 0 Å². The number of benzene rings is 1. The first-order valence-corrected chi connectivity index (χ1v) is 7.72. The van der Waals surface area contributed by atoms with Crippen molar-refractivity contribution in [3.8, 4) is 11.5 Å². The molecule has 0 heterocycles. The van der Waals surface area contributed by atoms with E-state index in [-0.39, 0.29) is 5.91 Å². The summed E-state index contributed by atoms with van der Waals surface area (Å²) in [6.07, 6.45) is 8.70. The van der Waals surface area contributed by atoms with E-state index in [0.29, 0.717) is 12.3 Å². The van der Waals surface area contributed by atoms with Gasteiger partial charge in [0.2, 0.25) is 5.91 Å². The lowest BCUT2D eigenvalue weighted by molar-refractivity contribution is -0.118. The summed E-state index contributed by atoms with van der Waals surface area (Å²) >= 11 is 0. The minimum Gasteiger partial charge on any atom is -0.493 e. The smallest absolute Gasteiger partial charge is 0.217 e. The number of unbranched alkanes of at least 4 members (excludes halogenated alkanes) is 2. The quantitative estimate of drug-likeness (QED) is 0.532. The minimum absolute atomic E-state index is 0.217. The number of carbonyl (C=O) groups excluding carboxylic acids is 1. The molecule has 0 radical (unpaired) electrons.